The average molecular weight is 243 g/mol. The van der Waals surface area contributed by atoms with E-state index in [1.165, 1.54) is 5.71 Å². The van der Waals surface area contributed by atoms with Gasteiger partial charge in [-0.1, -0.05) is 18.2 Å². The van der Waals surface area contributed by atoms with Gasteiger partial charge in [0.15, 0.2) is 0 Å². The number of rotatable bonds is 0. The lowest BCUT2D eigenvalue weighted by Gasteiger charge is -1.76. The zero-order chi connectivity index (χ0) is 13.2. The molecule has 3 heterocycles. The predicted octanol–water partition coefficient (Wildman–Crippen LogP) is 3.75. The summed E-state index contributed by atoms with van der Waals surface area (Å²) in [5.41, 5.74) is 3.51. The molecule has 3 aliphatic heterocycles. The minimum absolute atomic E-state index is 0.895. The van der Waals surface area contributed by atoms with Crippen LogP contribution in [-0.2, 0) is 0 Å². The SMILES string of the molecule is CC1=CCC=N1.CC1=NC=CC1.CC1=NCC=C1. The number of hydrogen-bond donors (Lipinski definition) is 0. The van der Waals surface area contributed by atoms with Crippen LogP contribution in [-0.4, -0.2) is 24.2 Å². The smallest absolute Gasteiger partial charge is 0.0577 e. The Labute approximate surface area is 109 Å². The van der Waals surface area contributed by atoms with Crippen molar-refractivity contribution in [2.75, 3.05) is 6.54 Å². The molecule has 0 atom stereocenters. The van der Waals surface area contributed by atoms with Crippen LogP contribution in [0.2, 0.25) is 0 Å². The van der Waals surface area contributed by atoms with Crippen molar-refractivity contribution in [3.8, 4) is 0 Å². The van der Waals surface area contributed by atoms with Crippen LogP contribution in [0.25, 0.3) is 0 Å². The lowest BCUT2D eigenvalue weighted by Crippen LogP contribution is -1.78. The van der Waals surface area contributed by atoms with E-state index in [4.69, 9.17) is 0 Å². The minimum atomic E-state index is 0.895. The first-order valence-electron chi connectivity index (χ1n) is 6.23. The Hall–Kier alpha value is -1.77. The first-order chi connectivity index (χ1) is 8.68. The van der Waals surface area contributed by atoms with E-state index < -0.39 is 0 Å². The van der Waals surface area contributed by atoms with E-state index in [1.54, 1.807) is 0 Å². The summed E-state index contributed by atoms with van der Waals surface area (Å²) in [5, 5.41) is 0. The summed E-state index contributed by atoms with van der Waals surface area (Å²) >= 11 is 0. The number of nitrogens with zero attached hydrogens (tertiary/aromatic N) is 3. The largest absolute Gasteiger partial charge is 0.286 e. The maximum atomic E-state index is 4.04. The summed E-state index contributed by atoms with van der Waals surface area (Å²) in [6.45, 7) is 6.93. The van der Waals surface area contributed by atoms with E-state index in [0.717, 1.165) is 30.8 Å². The molecule has 18 heavy (non-hydrogen) atoms. The van der Waals surface area contributed by atoms with E-state index >= 15 is 0 Å². The molecular weight excluding hydrogens is 222 g/mol. The van der Waals surface area contributed by atoms with E-state index in [9.17, 15) is 0 Å². The highest BCUT2D eigenvalue weighted by Gasteiger charge is 1.88. The molecule has 0 radical (unpaired) electrons. The molecule has 96 valence electrons. The first-order valence-corrected chi connectivity index (χ1v) is 6.23. The predicted molar refractivity (Wildman–Crippen MR) is 80.8 cm³/mol. The van der Waals surface area contributed by atoms with Gasteiger partial charge in [-0.15, -0.1) is 0 Å². The number of aliphatic imine (C=N–C) groups is 3. The monoisotopic (exact) mass is 243 g/mol. The maximum absolute atomic E-state index is 4.04. The van der Waals surface area contributed by atoms with Gasteiger partial charge >= 0.3 is 0 Å². The van der Waals surface area contributed by atoms with Gasteiger partial charge in [-0.05, 0) is 26.8 Å². The van der Waals surface area contributed by atoms with Gasteiger partial charge < -0.3 is 0 Å². The quantitative estimate of drug-likeness (QED) is 0.621. The molecule has 0 bridgehead atoms. The zero-order valence-corrected chi connectivity index (χ0v) is 11.4. The maximum Gasteiger partial charge on any atom is 0.0577 e. The molecule has 0 N–H and O–H groups in total. The van der Waals surface area contributed by atoms with Gasteiger partial charge in [0.1, 0.15) is 0 Å². The summed E-state index contributed by atoms with van der Waals surface area (Å²) in [4.78, 5) is 12.0. The molecule has 3 rings (SSSR count). The highest BCUT2D eigenvalue weighted by atomic mass is 14.7. The molecule has 0 amide bonds. The van der Waals surface area contributed by atoms with Crippen LogP contribution in [0.3, 0.4) is 0 Å². The third kappa shape index (κ3) is 6.74. The molecule has 0 unspecified atom stereocenters. The Bertz CT molecular complexity index is 401. The molecule has 3 heteroatoms. The van der Waals surface area contributed by atoms with Crippen LogP contribution in [0, 0.1) is 0 Å². The third-order valence-corrected chi connectivity index (χ3v) is 2.43. The molecule has 3 aliphatic rings. The molecule has 0 aromatic rings. The van der Waals surface area contributed by atoms with Crippen LogP contribution in [0.15, 0.2) is 51.2 Å². The van der Waals surface area contributed by atoms with Gasteiger partial charge in [-0.2, -0.15) is 0 Å². The Morgan fingerprint density at radius 1 is 1.11 bits per heavy atom. The van der Waals surface area contributed by atoms with Gasteiger partial charge in [-0.25, -0.2) is 0 Å². The van der Waals surface area contributed by atoms with Crippen molar-refractivity contribution >= 4 is 17.6 Å². The summed E-state index contributed by atoms with van der Waals surface area (Å²) < 4.78 is 0. The Kier molecular flexibility index (Phi) is 6.62. The summed E-state index contributed by atoms with van der Waals surface area (Å²) in [6.07, 6.45) is 14.1. The molecule has 0 spiro atoms. The van der Waals surface area contributed by atoms with Gasteiger partial charge in [-0.3, -0.25) is 15.0 Å². The lowest BCUT2D eigenvalue weighted by molar-refractivity contribution is 1.28. The van der Waals surface area contributed by atoms with Gasteiger partial charge in [0.25, 0.3) is 0 Å². The fourth-order valence-electron chi connectivity index (χ4n) is 1.40. The average Bonchev–Trinajstić information content (AvgIpc) is 3.05. The second kappa shape index (κ2) is 8.34. The molecule has 0 saturated carbocycles. The van der Waals surface area contributed by atoms with Crippen LogP contribution in [0.4, 0.5) is 0 Å². The topological polar surface area (TPSA) is 37.1 Å². The Morgan fingerprint density at radius 3 is 2.11 bits per heavy atom. The fraction of sp³-hybridized carbons (Fsp3) is 0.400. The van der Waals surface area contributed by atoms with Gasteiger partial charge in [0, 0.05) is 42.4 Å². The van der Waals surface area contributed by atoms with E-state index in [1.807, 2.05) is 39.3 Å². The van der Waals surface area contributed by atoms with Crippen LogP contribution in [0.1, 0.15) is 33.6 Å². The van der Waals surface area contributed by atoms with Crippen molar-refractivity contribution in [2.24, 2.45) is 15.0 Å². The zero-order valence-electron chi connectivity index (χ0n) is 11.4. The van der Waals surface area contributed by atoms with Crippen molar-refractivity contribution in [1.82, 2.24) is 0 Å². The van der Waals surface area contributed by atoms with Crippen molar-refractivity contribution in [1.29, 1.82) is 0 Å². The van der Waals surface area contributed by atoms with Gasteiger partial charge in [0.05, 0.1) is 6.54 Å². The number of allylic oxidation sites excluding steroid dienone is 4. The molecule has 0 aromatic carbocycles. The molecule has 0 fully saturated rings. The van der Waals surface area contributed by atoms with Crippen molar-refractivity contribution < 1.29 is 0 Å². The molecular formula is C15H21N3. The van der Waals surface area contributed by atoms with E-state index in [-0.39, 0.29) is 0 Å². The highest BCUT2D eigenvalue weighted by molar-refractivity contribution is 5.94. The van der Waals surface area contributed by atoms with Crippen molar-refractivity contribution in [3.05, 3.63) is 36.2 Å². The van der Waals surface area contributed by atoms with Crippen molar-refractivity contribution in [3.63, 3.8) is 0 Å². The highest BCUT2D eigenvalue weighted by Crippen LogP contribution is 2.00. The van der Waals surface area contributed by atoms with E-state index in [2.05, 4.69) is 33.2 Å². The molecule has 0 saturated heterocycles. The summed E-state index contributed by atoms with van der Waals surface area (Å²) in [6, 6.07) is 0. The molecule has 0 aromatic heterocycles. The molecule has 3 nitrogen and oxygen atoms in total. The van der Waals surface area contributed by atoms with Crippen LogP contribution < -0.4 is 0 Å². The summed E-state index contributed by atoms with van der Waals surface area (Å²) in [5.74, 6) is 0. The third-order valence-electron chi connectivity index (χ3n) is 2.43. The van der Waals surface area contributed by atoms with Crippen LogP contribution >= 0.6 is 0 Å². The standard InChI is InChI=1S/3C5H7N/c3*1-5-3-2-4-6-5/h3-4H,2H2,1H3;2,4H,3H2,1H3;2-3H,4H2,1H3. The van der Waals surface area contributed by atoms with Crippen LogP contribution in [0.5, 0.6) is 0 Å². The second-order valence-corrected chi connectivity index (χ2v) is 4.23. The first kappa shape index (κ1) is 14.3. The summed E-state index contributed by atoms with van der Waals surface area (Å²) in [7, 11) is 0. The van der Waals surface area contributed by atoms with Gasteiger partial charge in [0.2, 0.25) is 0 Å². The minimum Gasteiger partial charge on any atom is -0.286 e. The lowest BCUT2D eigenvalue weighted by atomic mass is 10.3. The molecule has 0 aliphatic carbocycles. The number of hydrogen-bond acceptors (Lipinski definition) is 3. The Morgan fingerprint density at radius 2 is 1.94 bits per heavy atom. The normalized spacial score (nSPS) is 18.5. The van der Waals surface area contributed by atoms with E-state index in [0.29, 0.717) is 0 Å². The fourth-order valence-corrected chi connectivity index (χ4v) is 1.40. The Balaban J connectivity index is 0.000000135. The second-order valence-electron chi connectivity index (χ2n) is 4.23. The van der Waals surface area contributed by atoms with Crippen molar-refractivity contribution in [2.45, 2.75) is 33.6 Å².